The maximum atomic E-state index is 12.6. The molecule has 5 heteroatoms. The van der Waals surface area contributed by atoms with Gasteiger partial charge in [-0.1, -0.05) is 71.8 Å². The van der Waals surface area contributed by atoms with Crippen LogP contribution in [0.4, 0.5) is 0 Å². The van der Waals surface area contributed by atoms with Crippen molar-refractivity contribution in [1.29, 1.82) is 0 Å². The van der Waals surface area contributed by atoms with Gasteiger partial charge in [-0.15, -0.1) is 0 Å². The van der Waals surface area contributed by atoms with Crippen molar-refractivity contribution in [3.63, 3.8) is 0 Å². The predicted molar refractivity (Wildman–Crippen MR) is 150 cm³/mol. The van der Waals surface area contributed by atoms with Crippen molar-refractivity contribution in [1.82, 2.24) is 0 Å². The molecule has 38 heavy (non-hydrogen) atoms. The molecular formula is C33H52O5. The molecule has 4 rings (SSSR count). The van der Waals surface area contributed by atoms with Crippen LogP contribution < -0.4 is 0 Å². The van der Waals surface area contributed by atoms with Crippen molar-refractivity contribution in [2.45, 2.75) is 125 Å². The Balaban J connectivity index is 1.69. The highest BCUT2D eigenvalue weighted by Crippen LogP contribution is 2.72. The summed E-state index contributed by atoms with van der Waals surface area (Å²) in [5, 5.41) is 22.0. The number of aliphatic hydroxyl groups excluding tert-OH is 1. The number of carbonyl (C=O) groups is 2. The first kappa shape index (κ1) is 29.4. The fraction of sp³-hybridized carbons (Fsp3) is 0.818. The molecule has 2 saturated carbocycles. The lowest BCUT2D eigenvalue weighted by Gasteiger charge is -2.62. The maximum absolute atomic E-state index is 12.6. The number of ether oxygens (including phenoxy) is 1. The number of esters is 1. The molecule has 2 unspecified atom stereocenters. The lowest BCUT2D eigenvalue weighted by atomic mass is 9.43. The van der Waals surface area contributed by atoms with Crippen molar-refractivity contribution in [3.8, 4) is 0 Å². The van der Waals surface area contributed by atoms with Crippen LogP contribution in [0.3, 0.4) is 0 Å². The van der Waals surface area contributed by atoms with Gasteiger partial charge in [0.05, 0.1) is 12.0 Å². The summed E-state index contributed by atoms with van der Waals surface area (Å²) in [6.07, 6.45) is 6.98. The maximum Gasteiger partial charge on any atom is 0.306 e. The molecule has 0 aromatic carbocycles. The van der Waals surface area contributed by atoms with Gasteiger partial charge >= 0.3 is 11.9 Å². The number of carboxylic acids is 1. The quantitative estimate of drug-likeness (QED) is 0.267. The molecule has 2 N–H and O–H groups in total. The van der Waals surface area contributed by atoms with Crippen molar-refractivity contribution < 1.29 is 24.5 Å². The number of aliphatic hydroxyl groups is 1. The second-order valence-corrected chi connectivity index (χ2v) is 14.8. The number of aliphatic carboxylic acids is 1. The average Bonchev–Trinajstić information content (AvgIpc) is 3.01. The standard InChI is InChI=1S/C33H52O5/c1-19(2)20(3)10-11-22(29(36)37)28-25(35)18-33(9)24-12-13-26-30(5,6)27(38-21(4)34)15-16-31(26,7)23(24)14-17-32(28,33)8/h19,22,25-28,35H,3,10-18H2,1-2,4-9H3,(H,36,37)/t22-,25+,26?,27+,28?,31-,32-,33-/m0/s1. The van der Waals surface area contributed by atoms with Crippen LogP contribution in [0.1, 0.15) is 113 Å². The summed E-state index contributed by atoms with van der Waals surface area (Å²) in [5.74, 6) is -1.05. The molecule has 0 radical (unpaired) electrons. The average molecular weight is 529 g/mol. The third-order valence-corrected chi connectivity index (χ3v) is 12.4. The molecule has 214 valence electrons. The van der Waals surface area contributed by atoms with Crippen molar-refractivity contribution >= 4 is 11.9 Å². The second-order valence-electron chi connectivity index (χ2n) is 14.8. The van der Waals surface area contributed by atoms with E-state index in [2.05, 4.69) is 55.0 Å². The van der Waals surface area contributed by atoms with Gasteiger partial charge in [-0.2, -0.15) is 0 Å². The zero-order valence-electron chi connectivity index (χ0n) is 25.2. The first-order valence-corrected chi connectivity index (χ1v) is 15.0. The molecule has 0 heterocycles. The van der Waals surface area contributed by atoms with Crippen molar-refractivity contribution in [2.75, 3.05) is 0 Å². The zero-order chi connectivity index (χ0) is 28.4. The fourth-order valence-corrected chi connectivity index (χ4v) is 9.98. The summed E-state index contributed by atoms with van der Waals surface area (Å²) < 4.78 is 5.82. The number of rotatable bonds is 7. The number of hydrogen-bond acceptors (Lipinski definition) is 4. The van der Waals surface area contributed by atoms with Crippen LogP contribution in [0.5, 0.6) is 0 Å². The third-order valence-electron chi connectivity index (χ3n) is 12.4. The minimum atomic E-state index is -0.780. The fourth-order valence-electron chi connectivity index (χ4n) is 9.98. The number of carboxylic acid groups (broad SMARTS) is 1. The van der Waals surface area contributed by atoms with Gasteiger partial charge in [0.2, 0.25) is 0 Å². The highest BCUT2D eigenvalue weighted by Gasteiger charge is 2.66. The topological polar surface area (TPSA) is 83.8 Å². The van der Waals surface area contributed by atoms with E-state index < -0.39 is 18.0 Å². The Morgan fingerprint density at radius 2 is 1.71 bits per heavy atom. The molecule has 5 nitrogen and oxygen atoms in total. The summed E-state index contributed by atoms with van der Waals surface area (Å²) in [6, 6.07) is 0. The van der Waals surface area contributed by atoms with Gasteiger partial charge < -0.3 is 14.9 Å². The van der Waals surface area contributed by atoms with Crippen LogP contribution in [0, 0.1) is 45.3 Å². The Kier molecular flexibility index (Phi) is 7.56. The second kappa shape index (κ2) is 9.78. The minimum absolute atomic E-state index is 0.0440. The lowest BCUT2D eigenvalue weighted by Crippen LogP contribution is -2.56. The molecule has 8 atom stereocenters. The van der Waals surface area contributed by atoms with E-state index in [-0.39, 0.29) is 39.7 Å². The van der Waals surface area contributed by atoms with E-state index in [0.29, 0.717) is 31.1 Å². The summed E-state index contributed by atoms with van der Waals surface area (Å²) >= 11 is 0. The smallest absolute Gasteiger partial charge is 0.306 e. The Bertz CT molecular complexity index is 1020. The summed E-state index contributed by atoms with van der Waals surface area (Å²) in [4.78, 5) is 24.5. The van der Waals surface area contributed by atoms with E-state index in [1.165, 1.54) is 12.5 Å². The van der Waals surface area contributed by atoms with Crippen LogP contribution in [0.2, 0.25) is 0 Å². The summed E-state index contributed by atoms with van der Waals surface area (Å²) in [6.45, 7) is 21.5. The van der Waals surface area contributed by atoms with E-state index >= 15 is 0 Å². The summed E-state index contributed by atoms with van der Waals surface area (Å²) in [7, 11) is 0. The van der Waals surface area contributed by atoms with Crippen LogP contribution in [0.15, 0.2) is 23.3 Å². The molecule has 0 amide bonds. The van der Waals surface area contributed by atoms with E-state index in [0.717, 1.165) is 44.1 Å². The number of hydrogen-bond donors (Lipinski definition) is 2. The van der Waals surface area contributed by atoms with Crippen LogP contribution in [-0.4, -0.2) is 34.4 Å². The van der Waals surface area contributed by atoms with E-state index in [1.54, 1.807) is 5.57 Å². The molecule has 0 saturated heterocycles. The van der Waals surface area contributed by atoms with Crippen LogP contribution >= 0.6 is 0 Å². The normalized spacial score (nSPS) is 40.7. The van der Waals surface area contributed by atoms with Crippen molar-refractivity contribution in [3.05, 3.63) is 23.3 Å². The van der Waals surface area contributed by atoms with Gasteiger partial charge in [0, 0.05) is 18.3 Å². The molecule has 4 aliphatic carbocycles. The predicted octanol–water partition coefficient (Wildman–Crippen LogP) is 7.33. The molecule has 2 fully saturated rings. The number of carbonyl (C=O) groups excluding carboxylic acids is 1. The molecule has 0 spiro atoms. The van der Waals surface area contributed by atoms with Gasteiger partial charge in [-0.25, -0.2) is 0 Å². The van der Waals surface area contributed by atoms with Gasteiger partial charge in [0.25, 0.3) is 0 Å². The molecule has 4 aliphatic rings. The van der Waals surface area contributed by atoms with Crippen LogP contribution in [0.25, 0.3) is 0 Å². The Hall–Kier alpha value is -1.62. The lowest BCUT2D eigenvalue weighted by molar-refractivity contribution is -0.167. The van der Waals surface area contributed by atoms with Gasteiger partial charge in [0.1, 0.15) is 6.10 Å². The van der Waals surface area contributed by atoms with Gasteiger partial charge in [0.15, 0.2) is 0 Å². The molecular weight excluding hydrogens is 476 g/mol. The van der Waals surface area contributed by atoms with Crippen molar-refractivity contribution in [2.24, 2.45) is 45.3 Å². The highest BCUT2D eigenvalue weighted by atomic mass is 16.5. The van der Waals surface area contributed by atoms with E-state index in [9.17, 15) is 19.8 Å². The zero-order valence-corrected chi connectivity index (χ0v) is 25.2. The molecule has 0 bridgehead atoms. The van der Waals surface area contributed by atoms with Gasteiger partial charge in [-0.3, -0.25) is 9.59 Å². The first-order chi connectivity index (χ1) is 17.5. The molecule has 0 aromatic rings. The molecule has 0 aromatic heterocycles. The summed E-state index contributed by atoms with van der Waals surface area (Å²) in [5.41, 5.74) is 3.62. The van der Waals surface area contributed by atoms with E-state index in [4.69, 9.17) is 4.74 Å². The number of fused-ring (bicyclic) bond motifs is 4. The van der Waals surface area contributed by atoms with Gasteiger partial charge in [-0.05, 0) is 85.9 Å². The Morgan fingerprint density at radius 1 is 1.05 bits per heavy atom. The highest BCUT2D eigenvalue weighted by molar-refractivity contribution is 5.71. The monoisotopic (exact) mass is 528 g/mol. The largest absolute Gasteiger partial charge is 0.481 e. The minimum Gasteiger partial charge on any atom is -0.481 e. The Labute approximate surface area is 230 Å². The Morgan fingerprint density at radius 3 is 2.29 bits per heavy atom. The number of allylic oxidation sites excluding steroid dienone is 3. The van der Waals surface area contributed by atoms with E-state index in [1.807, 2.05) is 0 Å². The third kappa shape index (κ3) is 4.30. The molecule has 0 aliphatic heterocycles. The SMILES string of the molecule is C=C(CC[C@H](C(=O)O)C1[C@H](O)C[C@@]2(C)C3=C(CC[C@@]12C)[C@]1(C)CC[C@@H](OC(C)=O)C(C)(C)C1CC3)C(C)C. The first-order valence-electron chi connectivity index (χ1n) is 15.0. The van der Waals surface area contributed by atoms with Crippen LogP contribution in [-0.2, 0) is 14.3 Å².